The van der Waals surface area contributed by atoms with Crippen LogP contribution < -0.4 is 0 Å². The number of halogens is 3. The third-order valence-electron chi connectivity index (χ3n) is 2.04. The lowest BCUT2D eigenvalue weighted by Crippen LogP contribution is -2.07. The number of benzene rings is 1. The molecule has 0 radical (unpaired) electrons. The Morgan fingerprint density at radius 3 is 2.56 bits per heavy atom. The number of rotatable bonds is 1. The summed E-state index contributed by atoms with van der Waals surface area (Å²) >= 11 is 0. The Labute approximate surface area is 88.7 Å². The molecule has 0 N–H and O–H groups in total. The van der Waals surface area contributed by atoms with E-state index < -0.39 is 11.7 Å². The van der Waals surface area contributed by atoms with E-state index in [-0.39, 0.29) is 5.69 Å². The van der Waals surface area contributed by atoms with E-state index in [1.165, 1.54) is 16.8 Å². The molecule has 1 aromatic heterocycles. The first-order chi connectivity index (χ1) is 7.48. The van der Waals surface area contributed by atoms with E-state index in [9.17, 15) is 13.2 Å². The first-order valence-electron chi connectivity index (χ1n) is 4.41. The maximum atomic E-state index is 12.4. The van der Waals surface area contributed by atoms with Gasteiger partial charge in [-0.15, -0.1) is 5.10 Å². The summed E-state index contributed by atoms with van der Waals surface area (Å²) in [5.74, 6) is 0.430. The van der Waals surface area contributed by atoms with Crippen LogP contribution in [0, 0.1) is 6.92 Å². The summed E-state index contributed by atoms with van der Waals surface area (Å²) in [6.07, 6.45) is -4.36. The highest BCUT2D eigenvalue weighted by molar-refractivity contribution is 5.36. The summed E-state index contributed by atoms with van der Waals surface area (Å²) in [4.78, 5) is 0. The fourth-order valence-corrected chi connectivity index (χ4v) is 1.28. The maximum Gasteiger partial charge on any atom is 0.416 e. The van der Waals surface area contributed by atoms with Crippen molar-refractivity contribution >= 4 is 0 Å². The van der Waals surface area contributed by atoms with E-state index in [2.05, 4.69) is 15.5 Å². The predicted molar refractivity (Wildman–Crippen MR) is 48.9 cm³/mol. The van der Waals surface area contributed by atoms with Gasteiger partial charge in [-0.25, -0.2) is 0 Å². The molecule has 0 aliphatic rings. The van der Waals surface area contributed by atoms with E-state index in [4.69, 9.17) is 0 Å². The van der Waals surface area contributed by atoms with Gasteiger partial charge in [0.15, 0.2) is 5.82 Å². The van der Waals surface area contributed by atoms with E-state index in [1.54, 1.807) is 6.92 Å². The Morgan fingerprint density at radius 2 is 2.00 bits per heavy atom. The maximum absolute atomic E-state index is 12.4. The molecular formula is C9H7F3N4. The number of tetrazole rings is 1. The van der Waals surface area contributed by atoms with Gasteiger partial charge in [0.2, 0.25) is 0 Å². The predicted octanol–water partition coefficient (Wildman–Crippen LogP) is 1.99. The lowest BCUT2D eigenvalue weighted by Gasteiger charge is -2.08. The number of alkyl halides is 3. The molecule has 84 valence electrons. The van der Waals surface area contributed by atoms with Crippen molar-refractivity contribution in [1.29, 1.82) is 0 Å². The topological polar surface area (TPSA) is 43.6 Å². The first-order valence-corrected chi connectivity index (χ1v) is 4.41. The molecule has 0 fully saturated rings. The largest absolute Gasteiger partial charge is 0.416 e. The molecule has 0 atom stereocenters. The summed E-state index contributed by atoms with van der Waals surface area (Å²) in [5.41, 5.74) is -0.433. The second-order valence-corrected chi connectivity index (χ2v) is 3.19. The molecular weight excluding hydrogens is 221 g/mol. The van der Waals surface area contributed by atoms with Gasteiger partial charge in [-0.2, -0.15) is 17.9 Å². The number of aromatic nitrogens is 4. The smallest absolute Gasteiger partial charge is 0.198 e. The highest BCUT2D eigenvalue weighted by Gasteiger charge is 2.30. The SMILES string of the molecule is Cc1nnnn1-c1cccc(C(F)(F)F)c1. The second-order valence-electron chi connectivity index (χ2n) is 3.19. The van der Waals surface area contributed by atoms with Crippen LogP contribution >= 0.6 is 0 Å². The van der Waals surface area contributed by atoms with Crippen LogP contribution in [-0.2, 0) is 6.18 Å². The minimum absolute atomic E-state index is 0.289. The van der Waals surface area contributed by atoms with Crippen LogP contribution in [0.25, 0.3) is 5.69 Å². The zero-order chi connectivity index (χ0) is 11.8. The van der Waals surface area contributed by atoms with E-state index >= 15 is 0 Å². The van der Waals surface area contributed by atoms with Crippen molar-refractivity contribution in [2.45, 2.75) is 13.1 Å². The average Bonchev–Trinajstić information content (AvgIpc) is 2.63. The number of aryl methyl sites for hydroxylation is 1. The minimum Gasteiger partial charge on any atom is -0.198 e. The molecule has 0 saturated carbocycles. The monoisotopic (exact) mass is 228 g/mol. The van der Waals surface area contributed by atoms with Crippen LogP contribution in [0.2, 0.25) is 0 Å². The normalized spacial score (nSPS) is 11.8. The molecule has 0 unspecified atom stereocenters. The fourth-order valence-electron chi connectivity index (χ4n) is 1.28. The van der Waals surface area contributed by atoms with Crippen LogP contribution in [0.3, 0.4) is 0 Å². The summed E-state index contributed by atoms with van der Waals surface area (Å²) < 4.78 is 38.6. The van der Waals surface area contributed by atoms with Crippen LogP contribution in [0.4, 0.5) is 13.2 Å². The summed E-state index contributed by atoms with van der Waals surface area (Å²) in [6, 6.07) is 4.84. The Hall–Kier alpha value is -1.92. The summed E-state index contributed by atoms with van der Waals surface area (Å²) in [6.45, 7) is 1.61. The molecule has 0 saturated heterocycles. The standard InChI is InChI=1S/C9H7F3N4/c1-6-13-14-15-16(6)8-4-2-3-7(5-8)9(10,11)12/h2-5H,1H3. The zero-order valence-electron chi connectivity index (χ0n) is 8.23. The fraction of sp³-hybridized carbons (Fsp3) is 0.222. The Bertz CT molecular complexity index is 503. The Kier molecular flexibility index (Phi) is 2.37. The zero-order valence-corrected chi connectivity index (χ0v) is 8.23. The molecule has 1 aromatic carbocycles. The van der Waals surface area contributed by atoms with Crippen molar-refractivity contribution in [2.75, 3.05) is 0 Å². The first kappa shape index (κ1) is 10.6. The van der Waals surface area contributed by atoms with Gasteiger partial charge in [-0.1, -0.05) is 6.07 Å². The summed E-state index contributed by atoms with van der Waals surface area (Å²) in [7, 11) is 0. The van der Waals surface area contributed by atoms with Crippen molar-refractivity contribution in [3.8, 4) is 5.69 Å². The lowest BCUT2D eigenvalue weighted by molar-refractivity contribution is -0.137. The lowest BCUT2D eigenvalue weighted by atomic mass is 10.2. The average molecular weight is 228 g/mol. The van der Waals surface area contributed by atoms with Crippen molar-refractivity contribution in [3.63, 3.8) is 0 Å². The molecule has 7 heteroatoms. The van der Waals surface area contributed by atoms with Crippen LogP contribution in [-0.4, -0.2) is 20.2 Å². The van der Waals surface area contributed by atoms with Gasteiger partial charge >= 0.3 is 6.18 Å². The van der Waals surface area contributed by atoms with Crippen LogP contribution in [0.1, 0.15) is 11.4 Å². The van der Waals surface area contributed by atoms with Gasteiger partial charge in [-0.05, 0) is 35.5 Å². The number of hydrogen-bond donors (Lipinski definition) is 0. The van der Waals surface area contributed by atoms with Gasteiger partial charge in [0.1, 0.15) is 0 Å². The summed E-state index contributed by atoms with van der Waals surface area (Å²) in [5, 5.41) is 10.6. The third-order valence-corrected chi connectivity index (χ3v) is 2.04. The molecule has 1 heterocycles. The number of nitrogens with zero attached hydrogens (tertiary/aromatic N) is 4. The number of hydrogen-bond acceptors (Lipinski definition) is 3. The van der Waals surface area contributed by atoms with Gasteiger partial charge < -0.3 is 0 Å². The molecule has 0 spiro atoms. The molecule has 2 aromatic rings. The molecule has 4 nitrogen and oxygen atoms in total. The Morgan fingerprint density at radius 1 is 1.25 bits per heavy atom. The van der Waals surface area contributed by atoms with Gasteiger partial charge in [-0.3, -0.25) is 0 Å². The van der Waals surface area contributed by atoms with E-state index in [0.717, 1.165) is 12.1 Å². The van der Waals surface area contributed by atoms with Crippen molar-refractivity contribution < 1.29 is 13.2 Å². The van der Waals surface area contributed by atoms with Gasteiger partial charge in [0.05, 0.1) is 11.3 Å². The van der Waals surface area contributed by atoms with Crippen molar-refractivity contribution in [2.24, 2.45) is 0 Å². The molecule has 2 rings (SSSR count). The highest BCUT2D eigenvalue weighted by atomic mass is 19.4. The minimum atomic E-state index is -4.36. The van der Waals surface area contributed by atoms with Crippen LogP contribution in [0.5, 0.6) is 0 Å². The highest BCUT2D eigenvalue weighted by Crippen LogP contribution is 2.30. The Balaban J connectivity index is 2.49. The molecule has 0 aliphatic heterocycles. The van der Waals surface area contributed by atoms with Gasteiger partial charge in [0.25, 0.3) is 0 Å². The molecule has 0 amide bonds. The van der Waals surface area contributed by atoms with E-state index in [1.807, 2.05) is 0 Å². The molecule has 0 aliphatic carbocycles. The third kappa shape index (κ3) is 1.88. The second kappa shape index (κ2) is 3.58. The van der Waals surface area contributed by atoms with E-state index in [0.29, 0.717) is 5.82 Å². The quantitative estimate of drug-likeness (QED) is 0.749. The van der Waals surface area contributed by atoms with Gasteiger partial charge in [0, 0.05) is 0 Å². The molecule has 0 bridgehead atoms. The molecule has 16 heavy (non-hydrogen) atoms. The van der Waals surface area contributed by atoms with Crippen LogP contribution in [0.15, 0.2) is 24.3 Å². The van der Waals surface area contributed by atoms with Crippen molar-refractivity contribution in [1.82, 2.24) is 20.2 Å². The van der Waals surface area contributed by atoms with Crippen molar-refractivity contribution in [3.05, 3.63) is 35.7 Å².